The maximum Gasteiger partial charge on any atom is 0.329 e. The Hall–Kier alpha value is -2.86. The molecule has 0 aliphatic rings. The van der Waals surface area contributed by atoms with Crippen LogP contribution in [0, 0.1) is 14.8 Å². The lowest BCUT2D eigenvalue weighted by Crippen LogP contribution is -2.34. The van der Waals surface area contributed by atoms with Crippen LogP contribution in [0.3, 0.4) is 0 Å². The maximum atomic E-state index is 14.4. The Labute approximate surface area is 235 Å². The molecular weight excluding hydrogens is 604 g/mol. The van der Waals surface area contributed by atoms with E-state index in [4.69, 9.17) is 9.47 Å². The second-order valence-corrected chi connectivity index (χ2v) is 12.5. The summed E-state index contributed by atoms with van der Waals surface area (Å²) in [5.41, 5.74) is -0.573. The Balaban J connectivity index is 1.85. The third-order valence-electron chi connectivity index (χ3n) is 5.54. The summed E-state index contributed by atoms with van der Waals surface area (Å²) >= 11 is 1.98. The summed E-state index contributed by atoms with van der Waals surface area (Å²) in [7, 11) is 0. The van der Waals surface area contributed by atoms with Crippen LogP contribution in [0.15, 0.2) is 47.3 Å². The van der Waals surface area contributed by atoms with E-state index in [9.17, 15) is 19.1 Å². The van der Waals surface area contributed by atoms with Crippen LogP contribution < -0.4 is 15.7 Å². The molecule has 0 bridgehead atoms. The molecule has 38 heavy (non-hydrogen) atoms. The minimum Gasteiger partial charge on any atom is -0.493 e. The van der Waals surface area contributed by atoms with Crippen LogP contribution in [0.4, 0.5) is 10.1 Å². The molecule has 0 aliphatic carbocycles. The average Bonchev–Trinajstić information content (AvgIpc) is 3.10. The van der Waals surface area contributed by atoms with Crippen LogP contribution in [0.1, 0.15) is 54.0 Å². The molecule has 0 fully saturated rings. The van der Waals surface area contributed by atoms with E-state index >= 15 is 0 Å². The van der Waals surface area contributed by atoms with E-state index in [0.29, 0.717) is 28.1 Å². The number of hydrogen-bond acceptors (Lipinski definition) is 5. The van der Waals surface area contributed by atoms with E-state index < -0.39 is 23.5 Å². The standard InChI is InChI=1S/C28H35FIN3O5/c1-27(2,3)16-22(24(34)31-21-12-9-18(30)15-20(21)29)33-25(35)23(32-26(33)36)17-7-10-19(11-8-17)37-13-14-38-28(4,5)6/h7-12,15,22,35H,13-14,16H2,1-6H3,(H,31,34)(H,32,36)/t22-/m0/s1. The van der Waals surface area contributed by atoms with Gasteiger partial charge in [0.1, 0.15) is 29.9 Å². The van der Waals surface area contributed by atoms with Crippen molar-refractivity contribution in [3.63, 3.8) is 0 Å². The van der Waals surface area contributed by atoms with Gasteiger partial charge in [-0.2, -0.15) is 0 Å². The van der Waals surface area contributed by atoms with Gasteiger partial charge in [-0.15, -0.1) is 0 Å². The van der Waals surface area contributed by atoms with Crippen molar-refractivity contribution in [2.24, 2.45) is 5.41 Å². The molecule has 0 unspecified atom stereocenters. The number of nitrogens with zero attached hydrogens (tertiary/aromatic N) is 1. The molecule has 1 atom stereocenters. The van der Waals surface area contributed by atoms with Gasteiger partial charge in [-0.05, 0) is 97.7 Å². The van der Waals surface area contributed by atoms with Crippen molar-refractivity contribution < 1.29 is 23.8 Å². The summed E-state index contributed by atoms with van der Waals surface area (Å²) in [6.07, 6.45) is 0.221. The molecule has 2 aromatic carbocycles. The lowest BCUT2D eigenvalue weighted by molar-refractivity contribution is -0.120. The number of carbonyl (C=O) groups is 1. The predicted molar refractivity (Wildman–Crippen MR) is 154 cm³/mol. The van der Waals surface area contributed by atoms with Gasteiger partial charge in [0.25, 0.3) is 0 Å². The second kappa shape index (κ2) is 11.9. The van der Waals surface area contributed by atoms with Crippen molar-refractivity contribution in [3.8, 4) is 22.9 Å². The Morgan fingerprint density at radius 1 is 1.11 bits per heavy atom. The highest BCUT2D eigenvalue weighted by atomic mass is 127. The number of carbonyl (C=O) groups excluding carboxylic acids is 1. The van der Waals surface area contributed by atoms with Gasteiger partial charge in [-0.1, -0.05) is 20.8 Å². The summed E-state index contributed by atoms with van der Waals surface area (Å²) in [5, 5.41) is 13.7. The minimum atomic E-state index is -1.09. The molecular formula is C28H35FIN3O5. The first-order chi connectivity index (χ1) is 17.6. The quantitative estimate of drug-likeness (QED) is 0.194. The Morgan fingerprint density at radius 2 is 1.76 bits per heavy atom. The van der Waals surface area contributed by atoms with Gasteiger partial charge in [0, 0.05) is 9.13 Å². The normalized spacial score (nSPS) is 12.8. The van der Waals surface area contributed by atoms with Crippen molar-refractivity contribution in [1.82, 2.24) is 9.55 Å². The molecule has 0 aliphatic heterocycles. The third-order valence-corrected chi connectivity index (χ3v) is 6.21. The van der Waals surface area contributed by atoms with Crippen molar-refractivity contribution >= 4 is 34.2 Å². The van der Waals surface area contributed by atoms with E-state index in [1.165, 1.54) is 12.1 Å². The minimum absolute atomic E-state index is 0.00103. The first kappa shape index (κ1) is 29.7. The zero-order valence-electron chi connectivity index (χ0n) is 22.5. The molecule has 0 radical (unpaired) electrons. The largest absolute Gasteiger partial charge is 0.493 e. The fourth-order valence-corrected chi connectivity index (χ4v) is 4.30. The molecule has 3 rings (SSSR count). The van der Waals surface area contributed by atoms with E-state index in [0.717, 1.165) is 4.57 Å². The van der Waals surface area contributed by atoms with Crippen LogP contribution in [0.2, 0.25) is 0 Å². The summed E-state index contributed by atoms with van der Waals surface area (Å²) in [5.74, 6) is -0.964. The van der Waals surface area contributed by atoms with E-state index in [1.807, 2.05) is 64.1 Å². The van der Waals surface area contributed by atoms with Crippen LogP contribution >= 0.6 is 22.6 Å². The van der Waals surface area contributed by atoms with Gasteiger partial charge in [0.2, 0.25) is 11.8 Å². The maximum absolute atomic E-state index is 14.4. The van der Waals surface area contributed by atoms with Crippen LogP contribution in [0.5, 0.6) is 11.6 Å². The molecule has 1 heterocycles. The molecule has 10 heteroatoms. The predicted octanol–water partition coefficient (Wildman–Crippen LogP) is 6.10. The topological polar surface area (TPSA) is 106 Å². The third kappa shape index (κ3) is 8.07. The lowest BCUT2D eigenvalue weighted by atomic mass is 9.87. The van der Waals surface area contributed by atoms with E-state index in [-0.39, 0.29) is 34.7 Å². The molecule has 1 amide bonds. The molecule has 0 saturated heterocycles. The number of imidazole rings is 1. The molecule has 3 N–H and O–H groups in total. The van der Waals surface area contributed by atoms with Crippen molar-refractivity contribution in [1.29, 1.82) is 0 Å². The molecule has 0 saturated carbocycles. The number of aromatic hydroxyl groups is 1. The number of amides is 1. The summed E-state index contributed by atoms with van der Waals surface area (Å²) < 4.78 is 27.5. The van der Waals surface area contributed by atoms with Gasteiger partial charge < -0.3 is 24.9 Å². The van der Waals surface area contributed by atoms with Crippen LogP contribution in [0.25, 0.3) is 11.3 Å². The first-order valence-electron chi connectivity index (χ1n) is 12.3. The lowest BCUT2D eigenvalue weighted by Gasteiger charge is -2.26. The fourth-order valence-electron chi connectivity index (χ4n) is 3.84. The average molecular weight is 640 g/mol. The number of halogens is 2. The Morgan fingerprint density at radius 3 is 2.34 bits per heavy atom. The highest BCUT2D eigenvalue weighted by Crippen LogP contribution is 2.34. The zero-order valence-corrected chi connectivity index (χ0v) is 24.7. The van der Waals surface area contributed by atoms with Gasteiger partial charge in [0.15, 0.2) is 0 Å². The number of hydrogen-bond donors (Lipinski definition) is 3. The van der Waals surface area contributed by atoms with Gasteiger partial charge >= 0.3 is 5.69 Å². The number of aromatic nitrogens is 2. The van der Waals surface area contributed by atoms with Gasteiger partial charge in [-0.25, -0.2) is 9.18 Å². The SMILES string of the molecule is CC(C)(C)C[C@@H](C(=O)Nc1ccc(I)cc1F)n1c(O)c(-c2ccc(OCCOC(C)(C)C)cc2)[nH]c1=O. The number of rotatable bonds is 9. The van der Waals surface area contributed by atoms with E-state index in [2.05, 4.69) is 10.3 Å². The smallest absolute Gasteiger partial charge is 0.329 e. The molecule has 206 valence electrons. The van der Waals surface area contributed by atoms with Crippen LogP contribution in [-0.4, -0.2) is 39.4 Å². The zero-order chi connectivity index (χ0) is 28.3. The molecule has 0 spiro atoms. The number of nitrogens with one attached hydrogen (secondary N) is 2. The van der Waals surface area contributed by atoms with E-state index in [1.54, 1.807) is 30.3 Å². The van der Waals surface area contributed by atoms with Crippen molar-refractivity contribution in [3.05, 3.63) is 62.3 Å². The number of ether oxygens (including phenoxy) is 2. The first-order valence-corrected chi connectivity index (χ1v) is 13.4. The summed E-state index contributed by atoms with van der Waals surface area (Å²) in [6.45, 7) is 12.5. The van der Waals surface area contributed by atoms with Crippen molar-refractivity contribution in [2.75, 3.05) is 18.5 Å². The highest BCUT2D eigenvalue weighted by Gasteiger charge is 2.32. The Bertz CT molecular complexity index is 1320. The number of anilines is 1. The number of H-pyrrole nitrogens is 1. The van der Waals surface area contributed by atoms with Gasteiger partial charge in [0.05, 0.1) is 17.9 Å². The monoisotopic (exact) mass is 639 g/mol. The fraction of sp³-hybridized carbons (Fsp3) is 0.429. The summed E-state index contributed by atoms with van der Waals surface area (Å²) in [4.78, 5) is 29.0. The highest BCUT2D eigenvalue weighted by molar-refractivity contribution is 14.1. The molecule has 3 aromatic rings. The molecule has 1 aromatic heterocycles. The second-order valence-electron chi connectivity index (χ2n) is 11.2. The van der Waals surface area contributed by atoms with Crippen molar-refractivity contribution in [2.45, 2.75) is 59.6 Å². The van der Waals surface area contributed by atoms with Crippen LogP contribution in [-0.2, 0) is 9.53 Å². The molecule has 8 nitrogen and oxygen atoms in total. The Kier molecular flexibility index (Phi) is 9.30. The summed E-state index contributed by atoms with van der Waals surface area (Å²) in [6, 6.07) is 10.2. The van der Waals surface area contributed by atoms with Gasteiger partial charge in [-0.3, -0.25) is 9.36 Å². The number of benzene rings is 2. The number of aromatic amines is 1.